The van der Waals surface area contributed by atoms with E-state index in [2.05, 4.69) is 5.32 Å². The zero-order chi connectivity index (χ0) is 22.7. The Balaban J connectivity index is 1.76. The maximum Gasteiger partial charge on any atom is 0.265 e. The molecule has 1 heterocycles. The number of hydrogen-bond acceptors (Lipinski definition) is 4. The molecule has 1 aromatic heterocycles. The van der Waals surface area contributed by atoms with Crippen molar-refractivity contribution in [1.29, 1.82) is 0 Å². The molecule has 0 bridgehead atoms. The number of nitrogens with one attached hydrogen (secondary N) is 1. The fourth-order valence-corrected chi connectivity index (χ4v) is 3.55. The van der Waals surface area contributed by atoms with Gasteiger partial charge in [-0.15, -0.1) is 0 Å². The Morgan fingerprint density at radius 1 is 1.03 bits per heavy atom. The van der Waals surface area contributed by atoms with Crippen LogP contribution in [0.2, 0.25) is 5.02 Å². The van der Waals surface area contributed by atoms with Gasteiger partial charge in [-0.25, -0.2) is 0 Å². The molecule has 3 aromatic carbocycles. The number of carbonyl (C=O) groups excluding carboxylic acids is 1. The fraction of sp³-hybridized carbons (Fsp3) is 0.154. The SMILES string of the molecule is CCC(Oc1c(-c2ccc(C)cc2)oc2ccccc2c1=O)C(=O)Nc1ccccc1Cl. The van der Waals surface area contributed by atoms with Crippen LogP contribution >= 0.6 is 11.6 Å². The molecular formula is C26H22ClNO4. The molecule has 0 saturated carbocycles. The second-order valence-corrected chi connectivity index (χ2v) is 7.84. The summed E-state index contributed by atoms with van der Waals surface area (Å²) in [5, 5.41) is 3.58. The van der Waals surface area contributed by atoms with Crippen LogP contribution in [0.15, 0.2) is 82.0 Å². The number of ether oxygens (including phenoxy) is 1. The molecule has 0 saturated heterocycles. The van der Waals surface area contributed by atoms with Gasteiger partial charge < -0.3 is 14.5 Å². The monoisotopic (exact) mass is 447 g/mol. The molecule has 4 rings (SSSR count). The second-order valence-electron chi connectivity index (χ2n) is 7.44. The number of aryl methyl sites for hydroxylation is 1. The molecule has 0 aliphatic heterocycles. The topological polar surface area (TPSA) is 68.5 Å². The van der Waals surface area contributed by atoms with Crippen LogP contribution in [0.3, 0.4) is 0 Å². The first-order chi connectivity index (χ1) is 15.5. The Hall–Kier alpha value is -3.57. The minimum Gasteiger partial charge on any atom is -0.473 e. The van der Waals surface area contributed by atoms with Gasteiger partial charge in [0.15, 0.2) is 11.9 Å². The normalized spacial score (nSPS) is 11.8. The summed E-state index contributed by atoms with van der Waals surface area (Å²) >= 11 is 6.16. The van der Waals surface area contributed by atoms with E-state index in [0.717, 1.165) is 5.56 Å². The first kappa shape index (κ1) is 21.7. The number of rotatable bonds is 6. The summed E-state index contributed by atoms with van der Waals surface area (Å²) in [7, 11) is 0. The maximum absolute atomic E-state index is 13.3. The van der Waals surface area contributed by atoms with Crippen LogP contribution in [0.1, 0.15) is 18.9 Å². The van der Waals surface area contributed by atoms with Crippen molar-refractivity contribution in [2.75, 3.05) is 5.32 Å². The van der Waals surface area contributed by atoms with Crippen molar-refractivity contribution in [3.8, 4) is 17.1 Å². The zero-order valence-electron chi connectivity index (χ0n) is 17.7. The van der Waals surface area contributed by atoms with Crippen molar-refractivity contribution in [2.24, 2.45) is 0 Å². The fourth-order valence-electron chi connectivity index (χ4n) is 3.37. The molecular weight excluding hydrogens is 426 g/mol. The van der Waals surface area contributed by atoms with Crippen molar-refractivity contribution in [3.63, 3.8) is 0 Å². The summed E-state index contributed by atoms with van der Waals surface area (Å²) in [6.07, 6.45) is -0.574. The van der Waals surface area contributed by atoms with Gasteiger partial charge in [0.2, 0.25) is 11.2 Å². The lowest BCUT2D eigenvalue weighted by molar-refractivity contribution is -0.122. The molecule has 0 aliphatic carbocycles. The largest absolute Gasteiger partial charge is 0.473 e. The maximum atomic E-state index is 13.3. The van der Waals surface area contributed by atoms with Gasteiger partial charge in [-0.2, -0.15) is 0 Å². The predicted molar refractivity (Wildman–Crippen MR) is 127 cm³/mol. The quantitative estimate of drug-likeness (QED) is 0.381. The molecule has 1 unspecified atom stereocenters. The van der Waals surface area contributed by atoms with Gasteiger partial charge in [-0.05, 0) is 37.6 Å². The molecule has 1 N–H and O–H groups in total. The molecule has 32 heavy (non-hydrogen) atoms. The van der Waals surface area contributed by atoms with Crippen LogP contribution in [0, 0.1) is 6.92 Å². The number of para-hydroxylation sites is 2. The number of amides is 1. The Morgan fingerprint density at radius 3 is 2.44 bits per heavy atom. The van der Waals surface area contributed by atoms with E-state index in [0.29, 0.717) is 33.7 Å². The predicted octanol–water partition coefficient (Wildman–Crippen LogP) is 6.22. The standard InChI is InChI=1S/C26H22ClNO4/c1-3-21(26(30)28-20-10-6-5-9-19(20)27)31-25-23(29)18-8-4-7-11-22(18)32-24(25)17-14-12-16(2)13-15-17/h4-15,21H,3H2,1-2H3,(H,28,30). The lowest BCUT2D eigenvalue weighted by atomic mass is 10.1. The van der Waals surface area contributed by atoms with E-state index < -0.39 is 12.0 Å². The smallest absolute Gasteiger partial charge is 0.265 e. The minimum atomic E-state index is -0.917. The summed E-state index contributed by atoms with van der Waals surface area (Å²) in [5.41, 5.74) is 2.37. The molecule has 6 heteroatoms. The van der Waals surface area contributed by atoms with Crippen LogP contribution in [0.4, 0.5) is 5.69 Å². The first-order valence-corrected chi connectivity index (χ1v) is 10.7. The lowest BCUT2D eigenvalue weighted by Crippen LogP contribution is -2.34. The van der Waals surface area contributed by atoms with Gasteiger partial charge in [0.1, 0.15) is 5.58 Å². The van der Waals surface area contributed by atoms with E-state index in [1.54, 1.807) is 48.5 Å². The van der Waals surface area contributed by atoms with Crippen molar-refractivity contribution >= 4 is 34.2 Å². The molecule has 1 atom stereocenters. The van der Waals surface area contributed by atoms with Gasteiger partial charge >= 0.3 is 0 Å². The average molecular weight is 448 g/mol. The van der Waals surface area contributed by atoms with Crippen molar-refractivity contribution in [1.82, 2.24) is 0 Å². The highest BCUT2D eigenvalue weighted by Gasteiger charge is 2.25. The highest BCUT2D eigenvalue weighted by Crippen LogP contribution is 2.32. The molecule has 162 valence electrons. The Morgan fingerprint density at radius 2 is 1.72 bits per heavy atom. The van der Waals surface area contributed by atoms with Crippen LogP contribution < -0.4 is 15.5 Å². The first-order valence-electron chi connectivity index (χ1n) is 10.3. The number of benzene rings is 3. The van der Waals surface area contributed by atoms with E-state index in [1.165, 1.54) is 0 Å². The van der Waals surface area contributed by atoms with E-state index in [1.807, 2.05) is 38.1 Å². The van der Waals surface area contributed by atoms with Gasteiger partial charge in [0, 0.05) is 5.56 Å². The number of anilines is 1. The molecule has 4 aromatic rings. The third-order valence-electron chi connectivity index (χ3n) is 5.12. The summed E-state index contributed by atoms with van der Waals surface area (Å²) in [5.74, 6) is -0.102. The number of hydrogen-bond donors (Lipinski definition) is 1. The Kier molecular flexibility index (Phi) is 6.28. The second kappa shape index (κ2) is 9.28. The van der Waals surface area contributed by atoms with E-state index in [9.17, 15) is 9.59 Å². The third-order valence-corrected chi connectivity index (χ3v) is 5.45. The number of fused-ring (bicyclic) bond motifs is 1. The summed E-state index contributed by atoms with van der Waals surface area (Å²) in [4.78, 5) is 26.3. The van der Waals surface area contributed by atoms with Crippen molar-refractivity contribution in [2.45, 2.75) is 26.4 Å². The van der Waals surface area contributed by atoms with Crippen LogP contribution in [-0.4, -0.2) is 12.0 Å². The summed E-state index contributed by atoms with van der Waals surface area (Å²) in [6, 6.07) is 21.5. The van der Waals surface area contributed by atoms with Gasteiger partial charge in [-0.3, -0.25) is 9.59 Å². The van der Waals surface area contributed by atoms with Gasteiger partial charge in [0.25, 0.3) is 5.91 Å². The molecule has 0 aliphatic rings. The summed E-state index contributed by atoms with van der Waals surface area (Å²) < 4.78 is 12.1. The van der Waals surface area contributed by atoms with Crippen molar-refractivity contribution in [3.05, 3.63) is 93.6 Å². The number of halogens is 1. The highest BCUT2D eigenvalue weighted by atomic mass is 35.5. The average Bonchev–Trinajstić information content (AvgIpc) is 2.80. The zero-order valence-corrected chi connectivity index (χ0v) is 18.5. The molecule has 0 spiro atoms. The van der Waals surface area contributed by atoms with Crippen LogP contribution in [0.25, 0.3) is 22.3 Å². The third kappa shape index (κ3) is 4.39. The van der Waals surface area contributed by atoms with E-state index in [4.69, 9.17) is 20.8 Å². The van der Waals surface area contributed by atoms with Crippen molar-refractivity contribution < 1.29 is 13.9 Å². The highest BCUT2D eigenvalue weighted by molar-refractivity contribution is 6.33. The summed E-state index contributed by atoms with van der Waals surface area (Å²) in [6.45, 7) is 3.79. The molecule has 1 amide bonds. The number of carbonyl (C=O) groups is 1. The Labute approximate surface area is 190 Å². The van der Waals surface area contributed by atoms with Crippen LogP contribution in [0.5, 0.6) is 5.75 Å². The van der Waals surface area contributed by atoms with E-state index in [-0.39, 0.29) is 16.9 Å². The molecule has 5 nitrogen and oxygen atoms in total. The van der Waals surface area contributed by atoms with Gasteiger partial charge in [0.05, 0.1) is 16.1 Å². The minimum absolute atomic E-state index is 0.00807. The van der Waals surface area contributed by atoms with Gasteiger partial charge in [-0.1, -0.05) is 72.6 Å². The van der Waals surface area contributed by atoms with E-state index >= 15 is 0 Å². The molecule has 0 fully saturated rings. The lowest BCUT2D eigenvalue weighted by Gasteiger charge is -2.19. The Bertz CT molecular complexity index is 1330. The van der Waals surface area contributed by atoms with Crippen LogP contribution in [-0.2, 0) is 4.79 Å². The molecule has 0 radical (unpaired) electrons.